The smallest absolute Gasteiger partial charge is 0.346 e. The summed E-state index contributed by atoms with van der Waals surface area (Å²) in [7, 11) is 1.62. The number of hydrogen-bond donors (Lipinski definition) is 2. The van der Waals surface area contributed by atoms with Gasteiger partial charge < -0.3 is 10.5 Å². The summed E-state index contributed by atoms with van der Waals surface area (Å²) in [6.07, 6.45) is 1.47. The fraction of sp³-hybridized carbons (Fsp3) is 0.167. The lowest BCUT2D eigenvalue weighted by Crippen LogP contribution is -2.12. The highest BCUT2D eigenvalue weighted by Crippen LogP contribution is 2.27. The first-order valence-corrected chi connectivity index (χ1v) is 5.11. The minimum absolute atomic E-state index is 0.314. The molecule has 0 atom stereocenters. The predicted octanol–water partition coefficient (Wildman–Crippen LogP) is 1.34. The minimum Gasteiger partial charge on any atom is -0.496 e. The summed E-state index contributed by atoms with van der Waals surface area (Å²) < 4.78 is 5.18. The Balaban J connectivity index is 2.53. The molecule has 0 spiro atoms. The number of benzene rings is 1. The summed E-state index contributed by atoms with van der Waals surface area (Å²) in [4.78, 5) is 17.1. The Kier molecular flexibility index (Phi) is 2.82. The van der Waals surface area contributed by atoms with Crippen LogP contribution in [0, 0.1) is 6.92 Å². The van der Waals surface area contributed by atoms with E-state index in [2.05, 4.69) is 9.97 Å². The maximum atomic E-state index is 11.0. The molecule has 88 valence electrons. The first-order valence-electron chi connectivity index (χ1n) is 5.11. The average molecular weight is 231 g/mol. The molecule has 0 unspecified atom stereocenters. The number of rotatable bonds is 2. The van der Waals surface area contributed by atoms with Gasteiger partial charge in [0.15, 0.2) is 0 Å². The molecule has 0 aliphatic heterocycles. The quantitative estimate of drug-likeness (QED) is 0.817. The Bertz CT molecular complexity index is 605. The molecule has 0 amide bonds. The molecule has 0 aliphatic carbocycles. The van der Waals surface area contributed by atoms with Crippen LogP contribution in [0.5, 0.6) is 5.75 Å². The number of aryl methyl sites for hydroxylation is 1. The summed E-state index contributed by atoms with van der Waals surface area (Å²) >= 11 is 0. The molecule has 0 saturated heterocycles. The number of anilines is 1. The van der Waals surface area contributed by atoms with E-state index >= 15 is 0 Å². The van der Waals surface area contributed by atoms with E-state index in [1.165, 1.54) is 6.20 Å². The summed E-state index contributed by atoms with van der Waals surface area (Å²) in [5.41, 5.74) is 7.89. The van der Waals surface area contributed by atoms with Crippen molar-refractivity contribution in [1.82, 2.24) is 9.97 Å². The van der Waals surface area contributed by atoms with Crippen molar-refractivity contribution < 1.29 is 4.74 Å². The largest absolute Gasteiger partial charge is 0.496 e. The van der Waals surface area contributed by atoms with Crippen LogP contribution in [0.2, 0.25) is 0 Å². The molecule has 2 aromatic rings. The molecule has 2 rings (SSSR count). The number of ether oxygens (including phenoxy) is 1. The lowest BCUT2D eigenvalue weighted by molar-refractivity contribution is 0.412. The van der Waals surface area contributed by atoms with Gasteiger partial charge in [0.05, 0.1) is 7.11 Å². The van der Waals surface area contributed by atoms with Crippen LogP contribution < -0.4 is 16.2 Å². The fourth-order valence-corrected chi connectivity index (χ4v) is 1.68. The summed E-state index contributed by atoms with van der Waals surface area (Å²) in [5, 5.41) is 0. The highest BCUT2D eigenvalue weighted by molar-refractivity contribution is 5.73. The summed E-state index contributed by atoms with van der Waals surface area (Å²) in [6.45, 7) is 1.94. The van der Waals surface area contributed by atoms with Crippen molar-refractivity contribution in [1.29, 1.82) is 0 Å². The van der Waals surface area contributed by atoms with Gasteiger partial charge in [0.25, 0.3) is 0 Å². The summed E-state index contributed by atoms with van der Waals surface area (Å²) in [5.74, 6) is 1.12. The van der Waals surface area contributed by atoms with Crippen molar-refractivity contribution in [2.75, 3.05) is 12.8 Å². The average Bonchev–Trinajstić information content (AvgIpc) is 2.29. The highest BCUT2D eigenvalue weighted by Gasteiger charge is 2.06. The molecular weight excluding hydrogens is 218 g/mol. The Morgan fingerprint density at radius 1 is 1.41 bits per heavy atom. The SMILES string of the molecule is COc1ccc(-c2cnc(=O)[nH]c2N)cc1C. The molecule has 5 nitrogen and oxygen atoms in total. The van der Waals surface area contributed by atoms with Gasteiger partial charge >= 0.3 is 5.69 Å². The lowest BCUT2D eigenvalue weighted by Gasteiger charge is -2.08. The summed E-state index contributed by atoms with van der Waals surface area (Å²) in [6, 6.07) is 5.66. The number of nitrogens with zero attached hydrogens (tertiary/aromatic N) is 1. The third-order valence-corrected chi connectivity index (χ3v) is 2.55. The third kappa shape index (κ3) is 2.13. The standard InChI is InChI=1S/C12H13N3O2/c1-7-5-8(3-4-10(7)17-2)9-6-14-12(16)15-11(9)13/h3-6H,1-2H3,(H3,13,14,15,16). The molecular formula is C12H13N3O2. The zero-order valence-corrected chi connectivity index (χ0v) is 9.65. The van der Waals surface area contributed by atoms with Crippen molar-refractivity contribution in [3.63, 3.8) is 0 Å². The van der Waals surface area contributed by atoms with E-state index < -0.39 is 5.69 Å². The van der Waals surface area contributed by atoms with Crippen molar-refractivity contribution in [3.05, 3.63) is 40.4 Å². The molecule has 1 aromatic carbocycles. The third-order valence-electron chi connectivity index (χ3n) is 2.55. The van der Waals surface area contributed by atoms with Crippen LogP contribution in [0.3, 0.4) is 0 Å². The molecule has 0 aliphatic rings. The van der Waals surface area contributed by atoms with E-state index in [4.69, 9.17) is 10.5 Å². The van der Waals surface area contributed by atoms with Gasteiger partial charge in [-0.15, -0.1) is 0 Å². The van der Waals surface area contributed by atoms with Crippen LogP contribution in [0.15, 0.2) is 29.2 Å². The monoisotopic (exact) mass is 231 g/mol. The van der Waals surface area contributed by atoms with Crippen LogP contribution >= 0.6 is 0 Å². The van der Waals surface area contributed by atoms with E-state index in [1.54, 1.807) is 7.11 Å². The van der Waals surface area contributed by atoms with E-state index in [-0.39, 0.29) is 0 Å². The van der Waals surface area contributed by atoms with Gasteiger partial charge in [-0.25, -0.2) is 9.78 Å². The maximum absolute atomic E-state index is 11.0. The number of H-pyrrole nitrogens is 1. The molecule has 1 heterocycles. The first kappa shape index (κ1) is 11.2. The van der Waals surface area contributed by atoms with Gasteiger partial charge in [0.1, 0.15) is 11.6 Å². The number of nitrogen functional groups attached to an aromatic ring is 1. The van der Waals surface area contributed by atoms with Crippen molar-refractivity contribution in [3.8, 4) is 16.9 Å². The van der Waals surface area contributed by atoms with Crippen LogP contribution in [0.1, 0.15) is 5.56 Å². The van der Waals surface area contributed by atoms with Gasteiger partial charge in [0, 0.05) is 11.8 Å². The Morgan fingerprint density at radius 2 is 2.18 bits per heavy atom. The molecule has 0 fully saturated rings. The molecule has 17 heavy (non-hydrogen) atoms. The van der Waals surface area contributed by atoms with Gasteiger partial charge in [-0.2, -0.15) is 0 Å². The van der Waals surface area contributed by atoms with Gasteiger partial charge in [0.2, 0.25) is 0 Å². The predicted molar refractivity (Wildman–Crippen MR) is 66.0 cm³/mol. The van der Waals surface area contributed by atoms with Crippen LogP contribution in [-0.2, 0) is 0 Å². The molecule has 5 heteroatoms. The Morgan fingerprint density at radius 3 is 2.76 bits per heavy atom. The van der Waals surface area contributed by atoms with E-state index in [9.17, 15) is 4.79 Å². The van der Waals surface area contributed by atoms with E-state index in [0.717, 1.165) is 16.9 Å². The zero-order chi connectivity index (χ0) is 12.4. The van der Waals surface area contributed by atoms with Crippen molar-refractivity contribution in [2.45, 2.75) is 6.92 Å². The number of methoxy groups -OCH3 is 1. The highest BCUT2D eigenvalue weighted by atomic mass is 16.5. The molecule has 1 aromatic heterocycles. The van der Waals surface area contributed by atoms with Crippen LogP contribution in [-0.4, -0.2) is 17.1 Å². The van der Waals surface area contributed by atoms with Gasteiger partial charge in [-0.3, -0.25) is 4.98 Å². The second-order valence-corrected chi connectivity index (χ2v) is 3.70. The topological polar surface area (TPSA) is 81.0 Å². The first-order chi connectivity index (χ1) is 8.11. The fourth-order valence-electron chi connectivity index (χ4n) is 1.68. The number of aromatic nitrogens is 2. The second kappa shape index (κ2) is 4.29. The van der Waals surface area contributed by atoms with Crippen LogP contribution in [0.25, 0.3) is 11.1 Å². The Hall–Kier alpha value is -2.30. The maximum Gasteiger partial charge on any atom is 0.346 e. The second-order valence-electron chi connectivity index (χ2n) is 3.70. The molecule has 3 N–H and O–H groups in total. The van der Waals surface area contributed by atoms with Gasteiger partial charge in [-0.1, -0.05) is 6.07 Å². The molecule has 0 bridgehead atoms. The van der Waals surface area contributed by atoms with Crippen LogP contribution in [0.4, 0.5) is 5.82 Å². The van der Waals surface area contributed by atoms with Gasteiger partial charge in [-0.05, 0) is 30.2 Å². The lowest BCUT2D eigenvalue weighted by atomic mass is 10.1. The molecule has 0 radical (unpaired) electrons. The zero-order valence-electron chi connectivity index (χ0n) is 9.65. The molecule has 0 saturated carbocycles. The minimum atomic E-state index is -0.448. The van der Waals surface area contributed by atoms with Crippen molar-refractivity contribution in [2.24, 2.45) is 0 Å². The van der Waals surface area contributed by atoms with Crippen molar-refractivity contribution >= 4 is 5.82 Å². The number of aromatic amines is 1. The Labute approximate surface area is 98.3 Å². The van der Waals surface area contributed by atoms with E-state index in [0.29, 0.717) is 11.4 Å². The number of hydrogen-bond acceptors (Lipinski definition) is 4. The number of nitrogens with two attached hydrogens (primary N) is 1. The number of nitrogens with one attached hydrogen (secondary N) is 1. The van der Waals surface area contributed by atoms with E-state index in [1.807, 2.05) is 25.1 Å². The normalized spacial score (nSPS) is 10.2.